The van der Waals surface area contributed by atoms with E-state index in [1.165, 1.54) is 18.2 Å². The molecule has 1 aromatic carbocycles. The summed E-state index contributed by atoms with van der Waals surface area (Å²) in [5.74, 6) is -1.42. The summed E-state index contributed by atoms with van der Waals surface area (Å²) in [5.41, 5.74) is 4.80. The van der Waals surface area contributed by atoms with Crippen LogP contribution in [0.3, 0.4) is 0 Å². The fourth-order valence-electron chi connectivity index (χ4n) is 1.60. The zero-order valence-corrected chi connectivity index (χ0v) is 11.5. The van der Waals surface area contributed by atoms with E-state index in [9.17, 15) is 13.6 Å². The lowest BCUT2D eigenvalue weighted by atomic mass is 9.92. The molecule has 0 radical (unpaired) electrons. The highest BCUT2D eigenvalue weighted by Gasteiger charge is 2.27. The van der Waals surface area contributed by atoms with Crippen LogP contribution in [0.25, 0.3) is 0 Å². The van der Waals surface area contributed by atoms with Gasteiger partial charge in [-0.1, -0.05) is 6.07 Å². The molecule has 3 nitrogen and oxygen atoms in total. The van der Waals surface area contributed by atoms with Crippen LogP contribution >= 0.6 is 0 Å². The van der Waals surface area contributed by atoms with Crippen molar-refractivity contribution in [3.8, 4) is 0 Å². The highest BCUT2D eigenvalue weighted by Crippen LogP contribution is 2.16. The summed E-state index contributed by atoms with van der Waals surface area (Å²) in [7, 11) is 0. The van der Waals surface area contributed by atoms with E-state index in [0.717, 1.165) is 0 Å². The number of hydrogen-bond donors (Lipinski definition) is 2. The number of nitrogens with two attached hydrogens (primary N) is 1. The van der Waals surface area contributed by atoms with E-state index in [1.54, 1.807) is 20.8 Å². The Hall–Kier alpha value is -1.49. The minimum atomic E-state index is -0.692. The van der Waals surface area contributed by atoms with E-state index in [1.807, 2.05) is 0 Å². The average Bonchev–Trinajstić information content (AvgIpc) is 2.34. The molecule has 0 fully saturated rings. The van der Waals surface area contributed by atoms with Gasteiger partial charge in [-0.15, -0.1) is 0 Å². The number of amides is 1. The number of carbonyl (C=O) groups excluding carboxylic acids is 1. The summed E-state index contributed by atoms with van der Waals surface area (Å²) in [6, 6.07) is 3.35. The van der Waals surface area contributed by atoms with Gasteiger partial charge in [0.15, 0.2) is 0 Å². The monoisotopic (exact) mass is 270 g/mol. The van der Waals surface area contributed by atoms with E-state index in [0.29, 0.717) is 0 Å². The first-order valence-electron chi connectivity index (χ1n) is 6.22. The quantitative estimate of drug-likeness (QED) is 0.859. The predicted octanol–water partition coefficient (Wildman–Crippen LogP) is 2.00. The van der Waals surface area contributed by atoms with Crippen LogP contribution in [-0.2, 0) is 11.2 Å². The molecule has 0 spiro atoms. The lowest BCUT2D eigenvalue weighted by Crippen LogP contribution is -2.46. The summed E-state index contributed by atoms with van der Waals surface area (Å²) >= 11 is 0. The highest BCUT2D eigenvalue weighted by molar-refractivity contribution is 5.82. The van der Waals surface area contributed by atoms with Crippen molar-refractivity contribution in [2.75, 3.05) is 6.54 Å². The molecule has 1 rings (SSSR count). The molecule has 1 atom stereocenters. The summed E-state index contributed by atoms with van der Waals surface area (Å²) in [4.78, 5) is 11.9. The number of rotatable bonds is 5. The van der Waals surface area contributed by atoms with Crippen LogP contribution in [0.2, 0.25) is 0 Å². The fourth-order valence-corrected chi connectivity index (χ4v) is 1.60. The van der Waals surface area contributed by atoms with Crippen LogP contribution < -0.4 is 11.1 Å². The number of hydrogen-bond acceptors (Lipinski definition) is 2. The van der Waals surface area contributed by atoms with E-state index >= 15 is 0 Å². The lowest BCUT2D eigenvalue weighted by Gasteiger charge is -2.24. The molecule has 19 heavy (non-hydrogen) atoms. The second-order valence-corrected chi connectivity index (χ2v) is 5.37. The van der Waals surface area contributed by atoms with Gasteiger partial charge in [-0.3, -0.25) is 4.79 Å². The Morgan fingerprint density at radius 1 is 1.37 bits per heavy atom. The first kappa shape index (κ1) is 15.6. The average molecular weight is 270 g/mol. The van der Waals surface area contributed by atoms with Crippen molar-refractivity contribution >= 4 is 5.91 Å². The van der Waals surface area contributed by atoms with Gasteiger partial charge in [0.05, 0.1) is 5.41 Å². The molecular formula is C14H20F2N2O. The number of halogens is 2. The molecular weight excluding hydrogens is 250 g/mol. The molecule has 0 aliphatic heterocycles. The van der Waals surface area contributed by atoms with Gasteiger partial charge in [-0.05, 0) is 39.3 Å². The maximum absolute atomic E-state index is 13.5. The Labute approximate surface area is 112 Å². The second kappa shape index (κ2) is 6.10. The summed E-state index contributed by atoms with van der Waals surface area (Å²) in [6.07, 6.45) is 0.102. The van der Waals surface area contributed by atoms with Gasteiger partial charge in [-0.25, -0.2) is 8.78 Å². The minimum Gasteiger partial charge on any atom is -0.353 e. The molecule has 0 aromatic heterocycles. The van der Waals surface area contributed by atoms with Gasteiger partial charge in [0.1, 0.15) is 11.6 Å². The second-order valence-electron chi connectivity index (χ2n) is 5.37. The molecule has 106 valence electrons. The van der Waals surface area contributed by atoms with Crippen molar-refractivity contribution in [3.05, 3.63) is 35.4 Å². The molecule has 5 heteroatoms. The van der Waals surface area contributed by atoms with Crippen LogP contribution in [0.4, 0.5) is 8.78 Å². The summed E-state index contributed by atoms with van der Waals surface area (Å²) < 4.78 is 27.0. The van der Waals surface area contributed by atoms with Crippen LogP contribution in [0.15, 0.2) is 18.2 Å². The Morgan fingerprint density at radius 2 is 1.89 bits per heavy atom. The lowest BCUT2D eigenvalue weighted by molar-refractivity contribution is -0.129. The van der Waals surface area contributed by atoms with E-state index in [4.69, 9.17) is 5.73 Å². The Morgan fingerprint density at radius 3 is 2.37 bits per heavy atom. The minimum absolute atomic E-state index is 0.0131. The first-order valence-corrected chi connectivity index (χ1v) is 6.22. The van der Waals surface area contributed by atoms with Gasteiger partial charge in [0, 0.05) is 18.2 Å². The van der Waals surface area contributed by atoms with Crippen molar-refractivity contribution in [2.24, 2.45) is 11.1 Å². The highest BCUT2D eigenvalue weighted by atomic mass is 19.1. The topological polar surface area (TPSA) is 55.1 Å². The smallest absolute Gasteiger partial charge is 0.227 e. The van der Waals surface area contributed by atoms with Gasteiger partial charge >= 0.3 is 0 Å². The van der Waals surface area contributed by atoms with E-state index in [2.05, 4.69) is 5.32 Å². The van der Waals surface area contributed by atoms with Gasteiger partial charge < -0.3 is 11.1 Å². The molecule has 0 saturated carbocycles. The zero-order chi connectivity index (χ0) is 14.6. The Balaban J connectivity index is 2.71. The van der Waals surface area contributed by atoms with Crippen LogP contribution in [0.1, 0.15) is 26.3 Å². The number of nitrogens with one attached hydrogen (secondary N) is 1. The number of benzene rings is 1. The molecule has 0 bridgehead atoms. The Kier molecular flexibility index (Phi) is 5.00. The number of carbonyl (C=O) groups is 1. The molecule has 0 aliphatic rings. The van der Waals surface area contributed by atoms with E-state index in [-0.39, 0.29) is 30.5 Å². The maximum Gasteiger partial charge on any atom is 0.227 e. The van der Waals surface area contributed by atoms with Crippen molar-refractivity contribution in [2.45, 2.75) is 33.2 Å². The first-order chi connectivity index (χ1) is 8.77. The van der Waals surface area contributed by atoms with Crippen molar-refractivity contribution in [1.82, 2.24) is 5.32 Å². The fraction of sp³-hybridized carbons (Fsp3) is 0.500. The van der Waals surface area contributed by atoms with E-state index < -0.39 is 17.0 Å². The van der Waals surface area contributed by atoms with Crippen LogP contribution in [0, 0.1) is 17.0 Å². The Bertz CT molecular complexity index is 441. The third-order valence-electron chi connectivity index (χ3n) is 3.07. The standard InChI is InChI=1S/C14H20F2N2O/c1-9(18-13(19)14(2,3)8-17)7-10-11(15)5-4-6-12(10)16/h4-6,9H,7-8,17H2,1-3H3,(H,18,19). The third kappa shape index (κ3) is 3.99. The van der Waals surface area contributed by atoms with Crippen LogP contribution in [-0.4, -0.2) is 18.5 Å². The molecule has 0 saturated heterocycles. The third-order valence-corrected chi connectivity index (χ3v) is 3.07. The normalized spacial score (nSPS) is 13.2. The van der Waals surface area contributed by atoms with Crippen molar-refractivity contribution in [3.63, 3.8) is 0 Å². The molecule has 1 amide bonds. The molecule has 3 N–H and O–H groups in total. The zero-order valence-electron chi connectivity index (χ0n) is 11.5. The van der Waals surface area contributed by atoms with Gasteiger partial charge in [0.2, 0.25) is 5.91 Å². The summed E-state index contributed by atoms with van der Waals surface area (Å²) in [6.45, 7) is 5.35. The predicted molar refractivity (Wildman–Crippen MR) is 70.5 cm³/mol. The van der Waals surface area contributed by atoms with Gasteiger partial charge in [-0.2, -0.15) is 0 Å². The van der Waals surface area contributed by atoms with Crippen molar-refractivity contribution < 1.29 is 13.6 Å². The maximum atomic E-state index is 13.5. The SMILES string of the molecule is CC(Cc1c(F)cccc1F)NC(=O)C(C)(C)CN. The molecule has 0 heterocycles. The van der Waals surface area contributed by atoms with Gasteiger partial charge in [0.25, 0.3) is 0 Å². The van der Waals surface area contributed by atoms with Crippen LogP contribution in [0.5, 0.6) is 0 Å². The molecule has 1 unspecified atom stereocenters. The largest absolute Gasteiger partial charge is 0.353 e. The van der Waals surface area contributed by atoms with Crippen molar-refractivity contribution in [1.29, 1.82) is 0 Å². The molecule has 0 aliphatic carbocycles. The molecule has 1 aromatic rings. The summed E-state index contributed by atoms with van der Waals surface area (Å²) in [5, 5.41) is 2.72.